The first kappa shape index (κ1) is 14.8. The zero-order chi connectivity index (χ0) is 16.5. The monoisotopic (exact) mass is 339 g/mol. The molecule has 0 aliphatic heterocycles. The molecule has 0 spiro atoms. The van der Waals surface area contributed by atoms with Gasteiger partial charge in [-0.3, -0.25) is 0 Å². The summed E-state index contributed by atoms with van der Waals surface area (Å²) in [6, 6.07) is 5.39. The second-order valence-corrected chi connectivity index (χ2v) is 5.62. The van der Waals surface area contributed by atoms with Gasteiger partial charge in [-0.1, -0.05) is 18.5 Å². The minimum Gasteiger partial charge on any atom is -0.322 e. The number of aryl methyl sites for hydroxylation is 1. The summed E-state index contributed by atoms with van der Waals surface area (Å²) >= 11 is 6.01. The number of halogens is 1. The molecule has 0 aliphatic rings. The molecule has 4 aromatic rings. The van der Waals surface area contributed by atoms with Gasteiger partial charge >= 0.3 is 0 Å². The fourth-order valence-electron chi connectivity index (χ4n) is 2.70. The van der Waals surface area contributed by atoms with Gasteiger partial charge in [0.25, 0.3) is 0 Å². The lowest BCUT2D eigenvalue weighted by atomic mass is 10.2. The van der Waals surface area contributed by atoms with E-state index in [4.69, 9.17) is 11.6 Å². The van der Waals surface area contributed by atoms with Crippen LogP contribution >= 0.6 is 11.6 Å². The molecule has 0 fully saturated rings. The molecular weight excluding hydrogens is 326 g/mol. The first-order valence-corrected chi connectivity index (χ1v) is 7.95. The van der Waals surface area contributed by atoms with E-state index in [0.29, 0.717) is 23.3 Å². The summed E-state index contributed by atoms with van der Waals surface area (Å²) in [7, 11) is 0. The van der Waals surface area contributed by atoms with E-state index in [1.807, 2.05) is 16.8 Å². The SMILES string of the molecule is CCc1c(Cn2ccnc2-c2ncccn2)nc2ccc(Cl)nn12. The van der Waals surface area contributed by atoms with Crippen LogP contribution in [0.15, 0.2) is 43.0 Å². The van der Waals surface area contributed by atoms with Crippen molar-refractivity contribution in [3.63, 3.8) is 0 Å². The van der Waals surface area contributed by atoms with Crippen molar-refractivity contribution in [3.05, 3.63) is 59.5 Å². The zero-order valence-corrected chi connectivity index (χ0v) is 13.7. The van der Waals surface area contributed by atoms with E-state index < -0.39 is 0 Å². The van der Waals surface area contributed by atoms with E-state index >= 15 is 0 Å². The summed E-state index contributed by atoms with van der Waals surface area (Å²) in [6.45, 7) is 2.64. The highest BCUT2D eigenvalue weighted by atomic mass is 35.5. The van der Waals surface area contributed by atoms with E-state index in [2.05, 4.69) is 32.0 Å². The summed E-state index contributed by atoms with van der Waals surface area (Å²) in [4.78, 5) is 17.6. The third-order valence-corrected chi connectivity index (χ3v) is 3.96. The second-order valence-electron chi connectivity index (χ2n) is 5.24. The van der Waals surface area contributed by atoms with Crippen LogP contribution in [0.1, 0.15) is 18.3 Å². The number of hydrogen-bond acceptors (Lipinski definition) is 5. The number of aromatic nitrogens is 7. The van der Waals surface area contributed by atoms with Crippen molar-refractivity contribution in [1.29, 1.82) is 0 Å². The molecule has 0 amide bonds. The minimum atomic E-state index is 0.446. The predicted octanol–water partition coefficient (Wildman–Crippen LogP) is 2.65. The van der Waals surface area contributed by atoms with Crippen LogP contribution in [-0.2, 0) is 13.0 Å². The Kier molecular flexibility index (Phi) is 3.70. The molecule has 4 heterocycles. The van der Waals surface area contributed by atoms with Crippen LogP contribution in [0.25, 0.3) is 17.3 Å². The smallest absolute Gasteiger partial charge is 0.195 e. The largest absolute Gasteiger partial charge is 0.322 e. The Labute approximate surface area is 143 Å². The molecule has 0 N–H and O–H groups in total. The van der Waals surface area contributed by atoms with Crippen LogP contribution < -0.4 is 0 Å². The average Bonchev–Trinajstić information content (AvgIpc) is 3.19. The quantitative estimate of drug-likeness (QED) is 0.571. The van der Waals surface area contributed by atoms with Crippen molar-refractivity contribution in [1.82, 2.24) is 34.1 Å². The van der Waals surface area contributed by atoms with Gasteiger partial charge < -0.3 is 4.57 Å². The topological polar surface area (TPSA) is 73.8 Å². The van der Waals surface area contributed by atoms with Crippen molar-refractivity contribution in [2.24, 2.45) is 0 Å². The van der Waals surface area contributed by atoms with Gasteiger partial charge in [-0.2, -0.15) is 5.10 Å². The number of hydrogen-bond donors (Lipinski definition) is 0. The van der Waals surface area contributed by atoms with Crippen LogP contribution in [0.5, 0.6) is 0 Å². The van der Waals surface area contributed by atoms with Crippen LogP contribution in [0.3, 0.4) is 0 Å². The van der Waals surface area contributed by atoms with Crippen molar-refractivity contribution >= 4 is 17.2 Å². The fraction of sp³-hybridized carbons (Fsp3) is 0.188. The normalized spacial score (nSPS) is 11.2. The molecule has 8 heteroatoms. The molecule has 4 rings (SSSR count). The third kappa shape index (κ3) is 2.52. The van der Waals surface area contributed by atoms with E-state index in [1.165, 1.54) is 0 Å². The van der Waals surface area contributed by atoms with E-state index in [-0.39, 0.29) is 0 Å². The van der Waals surface area contributed by atoms with Crippen LogP contribution in [0, 0.1) is 0 Å². The van der Waals surface area contributed by atoms with Gasteiger partial charge in [0.15, 0.2) is 17.3 Å². The Hall–Kier alpha value is -2.80. The standard InChI is InChI=1S/C16H14ClN7/c1-2-12-11(21-14-5-4-13(17)22-24(12)14)10-23-9-8-20-16(23)15-18-6-3-7-19-15/h3-9H,2,10H2,1H3. The maximum Gasteiger partial charge on any atom is 0.195 e. The van der Waals surface area contributed by atoms with Crippen LogP contribution in [0.2, 0.25) is 5.15 Å². The molecule has 7 nitrogen and oxygen atoms in total. The first-order chi connectivity index (χ1) is 11.8. The highest BCUT2D eigenvalue weighted by Crippen LogP contribution is 2.18. The molecule has 0 atom stereocenters. The van der Waals surface area contributed by atoms with Gasteiger partial charge in [0.1, 0.15) is 5.15 Å². The summed E-state index contributed by atoms with van der Waals surface area (Å²) in [5.41, 5.74) is 2.74. The Morgan fingerprint density at radius 1 is 1.08 bits per heavy atom. The predicted molar refractivity (Wildman–Crippen MR) is 89.7 cm³/mol. The van der Waals surface area contributed by atoms with E-state index in [9.17, 15) is 0 Å². The fourth-order valence-corrected chi connectivity index (χ4v) is 2.84. The molecule has 0 saturated carbocycles. The molecule has 0 radical (unpaired) electrons. The van der Waals surface area contributed by atoms with Crippen LogP contribution in [0.4, 0.5) is 0 Å². The minimum absolute atomic E-state index is 0.446. The van der Waals surface area contributed by atoms with Gasteiger partial charge in [-0.15, -0.1) is 0 Å². The van der Waals surface area contributed by atoms with E-state index in [1.54, 1.807) is 35.2 Å². The Morgan fingerprint density at radius 2 is 1.92 bits per heavy atom. The van der Waals surface area contributed by atoms with Gasteiger partial charge in [0.05, 0.1) is 17.9 Å². The summed E-state index contributed by atoms with van der Waals surface area (Å²) in [6.07, 6.45) is 7.85. The average molecular weight is 340 g/mol. The van der Waals surface area contributed by atoms with Gasteiger partial charge in [-0.05, 0) is 24.6 Å². The molecule has 24 heavy (non-hydrogen) atoms. The first-order valence-electron chi connectivity index (χ1n) is 7.58. The highest BCUT2D eigenvalue weighted by molar-refractivity contribution is 6.29. The maximum atomic E-state index is 6.01. The van der Waals surface area contributed by atoms with Gasteiger partial charge in [0, 0.05) is 24.8 Å². The molecule has 0 saturated heterocycles. The number of fused-ring (bicyclic) bond motifs is 1. The lowest BCUT2D eigenvalue weighted by Gasteiger charge is -2.06. The van der Waals surface area contributed by atoms with E-state index in [0.717, 1.165) is 23.5 Å². The molecule has 0 bridgehead atoms. The molecule has 0 aromatic carbocycles. The van der Waals surface area contributed by atoms with Crippen molar-refractivity contribution < 1.29 is 0 Å². The van der Waals surface area contributed by atoms with Crippen LogP contribution in [-0.4, -0.2) is 34.1 Å². The highest BCUT2D eigenvalue weighted by Gasteiger charge is 2.15. The second kappa shape index (κ2) is 6.01. The van der Waals surface area contributed by atoms with Crippen molar-refractivity contribution in [2.75, 3.05) is 0 Å². The number of rotatable bonds is 4. The molecule has 0 aliphatic carbocycles. The lowest BCUT2D eigenvalue weighted by molar-refractivity contribution is 0.758. The van der Waals surface area contributed by atoms with Gasteiger partial charge in [-0.25, -0.2) is 24.5 Å². The molecule has 120 valence electrons. The lowest BCUT2D eigenvalue weighted by Crippen LogP contribution is -2.06. The number of nitrogens with zero attached hydrogens (tertiary/aromatic N) is 7. The zero-order valence-electron chi connectivity index (χ0n) is 13.0. The Bertz CT molecular complexity index is 990. The summed E-state index contributed by atoms with van der Waals surface area (Å²) < 4.78 is 3.78. The Balaban J connectivity index is 1.77. The summed E-state index contributed by atoms with van der Waals surface area (Å²) in [5.74, 6) is 1.30. The molecule has 4 aromatic heterocycles. The van der Waals surface area contributed by atoms with Gasteiger partial charge in [0.2, 0.25) is 0 Å². The summed E-state index contributed by atoms with van der Waals surface area (Å²) in [5, 5.41) is 4.79. The molecule has 0 unspecified atom stereocenters. The molecular formula is C16H14ClN7. The maximum absolute atomic E-state index is 6.01. The number of imidazole rings is 2. The van der Waals surface area contributed by atoms with Crippen molar-refractivity contribution in [3.8, 4) is 11.6 Å². The van der Waals surface area contributed by atoms with Crippen molar-refractivity contribution in [2.45, 2.75) is 19.9 Å². The third-order valence-electron chi connectivity index (χ3n) is 3.76. The Morgan fingerprint density at radius 3 is 2.71 bits per heavy atom.